The van der Waals surface area contributed by atoms with Gasteiger partial charge in [0.05, 0.1) is 23.1 Å². The molecule has 0 amide bonds. The number of hydrogen-bond acceptors (Lipinski definition) is 5. The van der Waals surface area contributed by atoms with Gasteiger partial charge in [-0.1, -0.05) is 12.1 Å². The molecular weight excluding hydrogens is 276 g/mol. The van der Waals surface area contributed by atoms with Gasteiger partial charge in [0.25, 0.3) is 0 Å². The van der Waals surface area contributed by atoms with Crippen molar-refractivity contribution in [2.75, 3.05) is 31.1 Å². The second-order valence-corrected chi connectivity index (χ2v) is 6.79. The molecule has 2 aromatic rings. The topological polar surface area (TPSA) is 73.5 Å². The van der Waals surface area contributed by atoms with Gasteiger partial charge >= 0.3 is 0 Å². The zero-order chi connectivity index (χ0) is 14.7. The summed E-state index contributed by atoms with van der Waals surface area (Å²) in [6.45, 7) is 4.31. The van der Waals surface area contributed by atoms with Crippen molar-refractivity contribution in [3.05, 3.63) is 24.3 Å². The maximum absolute atomic E-state index is 6.27. The molecule has 6 heteroatoms. The van der Waals surface area contributed by atoms with Crippen LogP contribution in [-0.4, -0.2) is 52.5 Å². The maximum atomic E-state index is 6.27. The lowest BCUT2D eigenvalue weighted by atomic mass is 9.73. The summed E-state index contributed by atoms with van der Waals surface area (Å²) < 4.78 is 0. The first-order valence-corrected chi connectivity index (χ1v) is 8.03. The van der Waals surface area contributed by atoms with E-state index in [4.69, 9.17) is 10.7 Å². The van der Waals surface area contributed by atoms with E-state index in [-0.39, 0.29) is 5.54 Å². The van der Waals surface area contributed by atoms with Crippen molar-refractivity contribution in [3.63, 3.8) is 0 Å². The molecule has 4 aliphatic heterocycles. The molecule has 6 rings (SSSR count). The number of anilines is 1. The number of hydrogen-bond donors (Lipinski definition) is 2. The molecule has 22 heavy (non-hydrogen) atoms. The highest BCUT2D eigenvalue weighted by atomic mass is 15.4. The van der Waals surface area contributed by atoms with Gasteiger partial charge in [-0.2, -0.15) is 0 Å². The number of aliphatic imine (C=N–C) groups is 1. The van der Waals surface area contributed by atoms with Crippen molar-refractivity contribution in [2.45, 2.75) is 18.4 Å². The van der Waals surface area contributed by atoms with E-state index >= 15 is 0 Å². The van der Waals surface area contributed by atoms with E-state index in [0.29, 0.717) is 11.9 Å². The Labute approximate surface area is 129 Å². The summed E-state index contributed by atoms with van der Waals surface area (Å²) in [6, 6.07) is 8.08. The summed E-state index contributed by atoms with van der Waals surface area (Å²) in [5.41, 5.74) is 8.25. The van der Waals surface area contributed by atoms with Crippen LogP contribution >= 0.6 is 0 Å². The van der Waals surface area contributed by atoms with Crippen molar-refractivity contribution < 1.29 is 0 Å². The standard InChI is InChI=1S/C16H20N6/c17-14-20-16(9-21-7-5-11(16)6-8-21)10-22(14)15-18-12-3-1-2-4-13(12)19-15/h1-4,11H,5-10H2,(H2,17,20)(H,18,19). The molecule has 1 spiro atoms. The van der Waals surface area contributed by atoms with Gasteiger partial charge in [-0.05, 0) is 44.0 Å². The Morgan fingerprint density at radius 2 is 2.00 bits per heavy atom. The fraction of sp³-hybridized carbons (Fsp3) is 0.500. The van der Waals surface area contributed by atoms with Gasteiger partial charge in [-0.15, -0.1) is 0 Å². The molecule has 0 saturated carbocycles. The van der Waals surface area contributed by atoms with Gasteiger partial charge in [0.1, 0.15) is 0 Å². The molecule has 1 aromatic carbocycles. The highest BCUT2D eigenvalue weighted by molar-refractivity contribution is 5.97. The monoisotopic (exact) mass is 296 g/mol. The number of aromatic nitrogens is 2. The number of aromatic amines is 1. The summed E-state index contributed by atoms with van der Waals surface area (Å²) in [5, 5.41) is 0. The molecule has 114 valence electrons. The van der Waals surface area contributed by atoms with Crippen LogP contribution < -0.4 is 10.6 Å². The number of fused-ring (bicyclic) bond motifs is 3. The van der Waals surface area contributed by atoms with Crippen LogP contribution in [0.25, 0.3) is 11.0 Å². The predicted molar refractivity (Wildman–Crippen MR) is 87.0 cm³/mol. The average Bonchev–Trinajstić information content (AvgIpc) is 3.09. The Balaban J connectivity index is 1.51. The van der Waals surface area contributed by atoms with E-state index in [2.05, 4.69) is 19.8 Å². The minimum atomic E-state index is -0.0282. The van der Waals surface area contributed by atoms with Crippen LogP contribution in [0, 0.1) is 5.92 Å². The van der Waals surface area contributed by atoms with Crippen molar-refractivity contribution >= 4 is 22.9 Å². The van der Waals surface area contributed by atoms with Crippen molar-refractivity contribution in [3.8, 4) is 0 Å². The number of guanidine groups is 1. The van der Waals surface area contributed by atoms with Gasteiger partial charge < -0.3 is 15.6 Å². The first-order valence-electron chi connectivity index (χ1n) is 8.03. The number of benzene rings is 1. The number of nitrogens with zero attached hydrogens (tertiary/aromatic N) is 4. The molecule has 1 atom stereocenters. The van der Waals surface area contributed by atoms with Crippen molar-refractivity contribution in [2.24, 2.45) is 16.6 Å². The van der Waals surface area contributed by atoms with Gasteiger partial charge in [-0.25, -0.2) is 9.98 Å². The second kappa shape index (κ2) is 4.23. The zero-order valence-corrected chi connectivity index (χ0v) is 12.5. The molecule has 0 radical (unpaired) electrons. The average molecular weight is 296 g/mol. The third-order valence-electron chi connectivity index (χ3n) is 5.52. The van der Waals surface area contributed by atoms with Gasteiger partial charge in [0, 0.05) is 6.54 Å². The minimum absolute atomic E-state index is 0.0282. The van der Waals surface area contributed by atoms with E-state index in [9.17, 15) is 0 Å². The number of para-hydroxylation sites is 2. The second-order valence-electron chi connectivity index (χ2n) is 6.79. The smallest absolute Gasteiger partial charge is 0.210 e. The molecule has 6 nitrogen and oxygen atoms in total. The number of nitrogens with one attached hydrogen (secondary N) is 1. The number of nitrogens with two attached hydrogens (primary N) is 1. The molecule has 5 heterocycles. The summed E-state index contributed by atoms with van der Waals surface area (Å²) in [4.78, 5) is 17.5. The van der Waals surface area contributed by atoms with Crippen LogP contribution in [0.15, 0.2) is 29.3 Å². The molecule has 1 unspecified atom stereocenters. The normalized spacial score (nSPS) is 33.8. The van der Waals surface area contributed by atoms with E-state index in [1.807, 2.05) is 24.3 Å². The zero-order valence-electron chi connectivity index (χ0n) is 12.5. The van der Waals surface area contributed by atoms with Gasteiger partial charge in [0.15, 0.2) is 5.96 Å². The summed E-state index contributed by atoms with van der Waals surface area (Å²) in [5.74, 6) is 2.08. The fourth-order valence-corrected chi connectivity index (χ4v) is 4.38. The third kappa shape index (κ3) is 1.64. The highest BCUT2D eigenvalue weighted by Gasteiger charge is 2.51. The molecule has 1 aromatic heterocycles. The van der Waals surface area contributed by atoms with Crippen LogP contribution in [0.2, 0.25) is 0 Å². The molecule has 2 bridgehead atoms. The molecule has 3 N–H and O–H groups in total. The minimum Gasteiger partial charge on any atom is -0.369 e. The highest BCUT2D eigenvalue weighted by Crippen LogP contribution is 2.42. The van der Waals surface area contributed by atoms with E-state index in [0.717, 1.165) is 30.1 Å². The SMILES string of the molecule is NC1=NC2(CN3CCC2CC3)CN1c1nc2ccccc2[nH]1. The van der Waals surface area contributed by atoms with Crippen LogP contribution in [0.5, 0.6) is 0 Å². The largest absolute Gasteiger partial charge is 0.369 e. The Kier molecular flexibility index (Phi) is 2.39. The van der Waals surface area contributed by atoms with Crippen LogP contribution in [-0.2, 0) is 0 Å². The van der Waals surface area contributed by atoms with Crippen molar-refractivity contribution in [1.82, 2.24) is 14.9 Å². The molecule has 4 aliphatic rings. The van der Waals surface area contributed by atoms with Crippen LogP contribution in [0.1, 0.15) is 12.8 Å². The summed E-state index contributed by atoms with van der Waals surface area (Å²) in [6.07, 6.45) is 2.48. The first-order chi connectivity index (χ1) is 10.7. The third-order valence-corrected chi connectivity index (χ3v) is 5.52. The molecule has 3 saturated heterocycles. The Morgan fingerprint density at radius 1 is 1.18 bits per heavy atom. The molecule has 0 aliphatic carbocycles. The lowest BCUT2D eigenvalue weighted by Gasteiger charge is -2.49. The lowest BCUT2D eigenvalue weighted by molar-refractivity contribution is 0.0390. The number of piperidine rings is 3. The molecular formula is C16H20N6. The van der Waals surface area contributed by atoms with Gasteiger partial charge in [0.2, 0.25) is 5.95 Å². The van der Waals surface area contributed by atoms with E-state index < -0.39 is 0 Å². The summed E-state index contributed by atoms with van der Waals surface area (Å²) in [7, 11) is 0. The van der Waals surface area contributed by atoms with Crippen LogP contribution in [0.3, 0.4) is 0 Å². The van der Waals surface area contributed by atoms with Gasteiger partial charge in [-0.3, -0.25) is 4.90 Å². The summed E-state index contributed by atoms with van der Waals surface area (Å²) >= 11 is 0. The Bertz CT molecular complexity index is 724. The Morgan fingerprint density at radius 3 is 2.73 bits per heavy atom. The maximum Gasteiger partial charge on any atom is 0.210 e. The lowest BCUT2D eigenvalue weighted by Crippen LogP contribution is -2.60. The number of imidazole rings is 1. The number of rotatable bonds is 1. The first kappa shape index (κ1) is 12.5. The fourth-order valence-electron chi connectivity index (χ4n) is 4.38. The van der Waals surface area contributed by atoms with Crippen LogP contribution in [0.4, 0.5) is 5.95 Å². The van der Waals surface area contributed by atoms with Crippen molar-refractivity contribution in [1.29, 1.82) is 0 Å². The van der Waals surface area contributed by atoms with E-state index in [1.54, 1.807) is 0 Å². The van der Waals surface area contributed by atoms with E-state index in [1.165, 1.54) is 25.9 Å². The Hall–Kier alpha value is -2.08. The quantitative estimate of drug-likeness (QED) is 0.828. The number of H-pyrrole nitrogens is 1. The predicted octanol–water partition coefficient (Wildman–Crippen LogP) is 1.16. The molecule has 3 fully saturated rings.